The summed E-state index contributed by atoms with van der Waals surface area (Å²) in [5, 5.41) is 0.982. The third kappa shape index (κ3) is 4.43. The van der Waals surface area contributed by atoms with Crippen molar-refractivity contribution >= 4 is 16.9 Å². The molecule has 4 rings (SSSR count). The first-order valence-electron chi connectivity index (χ1n) is 9.92. The molecule has 0 unspecified atom stereocenters. The van der Waals surface area contributed by atoms with E-state index < -0.39 is 0 Å². The molecule has 1 aromatic carbocycles. The van der Waals surface area contributed by atoms with E-state index in [1.165, 1.54) is 0 Å². The molecular weight excluding hydrogens is 358 g/mol. The number of morpholine rings is 1. The number of carbonyl (C=O) groups is 1. The number of hydrogen-bond acceptors (Lipinski definition) is 6. The summed E-state index contributed by atoms with van der Waals surface area (Å²) < 4.78 is 10.7. The van der Waals surface area contributed by atoms with Gasteiger partial charge in [0.05, 0.1) is 19.8 Å². The van der Waals surface area contributed by atoms with Crippen LogP contribution >= 0.6 is 0 Å². The minimum atomic E-state index is -0.313. The highest BCUT2D eigenvalue weighted by Crippen LogP contribution is 2.20. The molecule has 150 valence electrons. The van der Waals surface area contributed by atoms with E-state index in [0.717, 1.165) is 55.8 Å². The Bertz CT molecular complexity index is 896. The lowest BCUT2D eigenvalue weighted by atomic mass is 10.1. The van der Waals surface area contributed by atoms with Crippen LogP contribution in [0.1, 0.15) is 11.1 Å². The molecule has 7 nitrogen and oxygen atoms in total. The molecular formula is C21H27N3O4. The fraction of sp³-hybridized carbons (Fsp3) is 0.524. The van der Waals surface area contributed by atoms with E-state index >= 15 is 0 Å². The Morgan fingerprint density at radius 1 is 1.00 bits per heavy atom. The average molecular weight is 385 g/mol. The Labute approximate surface area is 164 Å². The number of nitrogens with zero attached hydrogens (tertiary/aromatic N) is 3. The molecule has 0 N–H and O–H groups in total. The first-order valence-corrected chi connectivity index (χ1v) is 9.92. The van der Waals surface area contributed by atoms with Gasteiger partial charge in [-0.05, 0) is 24.1 Å². The minimum absolute atomic E-state index is 0.197. The monoisotopic (exact) mass is 385 g/mol. The Hall–Kier alpha value is -2.22. The van der Waals surface area contributed by atoms with Crippen LogP contribution in [0.25, 0.3) is 11.0 Å². The second kappa shape index (κ2) is 8.43. The van der Waals surface area contributed by atoms with Gasteiger partial charge in [-0.25, -0.2) is 4.79 Å². The molecule has 3 heterocycles. The predicted molar refractivity (Wildman–Crippen MR) is 106 cm³/mol. The van der Waals surface area contributed by atoms with Gasteiger partial charge in [0, 0.05) is 57.3 Å². The molecule has 2 aromatic rings. The number of carbonyl (C=O) groups excluding carboxylic acids is 1. The minimum Gasteiger partial charge on any atom is -0.423 e. The number of aryl methyl sites for hydroxylation is 1. The molecule has 0 radical (unpaired) electrons. The van der Waals surface area contributed by atoms with Crippen molar-refractivity contribution in [2.24, 2.45) is 0 Å². The maximum absolute atomic E-state index is 12.6. The summed E-state index contributed by atoms with van der Waals surface area (Å²) in [6.07, 6.45) is 0. The van der Waals surface area contributed by atoms with Crippen LogP contribution in [0.4, 0.5) is 0 Å². The fourth-order valence-corrected chi connectivity index (χ4v) is 3.91. The molecule has 28 heavy (non-hydrogen) atoms. The first-order chi connectivity index (χ1) is 13.6. The molecule has 2 saturated heterocycles. The lowest BCUT2D eigenvalue weighted by Gasteiger charge is -2.36. The van der Waals surface area contributed by atoms with E-state index in [4.69, 9.17) is 9.15 Å². The van der Waals surface area contributed by atoms with Crippen LogP contribution in [-0.2, 0) is 16.1 Å². The molecule has 7 heteroatoms. The van der Waals surface area contributed by atoms with Crippen LogP contribution in [0.15, 0.2) is 33.5 Å². The highest BCUT2D eigenvalue weighted by molar-refractivity contribution is 5.81. The Morgan fingerprint density at radius 2 is 1.75 bits per heavy atom. The van der Waals surface area contributed by atoms with Gasteiger partial charge in [0.25, 0.3) is 0 Å². The van der Waals surface area contributed by atoms with Crippen molar-refractivity contribution in [3.63, 3.8) is 0 Å². The summed E-state index contributed by atoms with van der Waals surface area (Å²) in [6, 6.07) is 7.55. The van der Waals surface area contributed by atoms with Crippen molar-refractivity contribution < 1.29 is 13.9 Å². The molecule has 1 aromatic heterocycles. The van der Waals surface area contributed by atoms with Crippen molar-refractivity contribution in [1.29, 1.82) is 0 Å². The fourth-order valence-electron chi connectivity index (χ4n) is 3.91. The van der Waals surface area contributed by atoms with E-state index in [1.807, 2.05) is 30.0 Å². The van der Waals surface area contributed by atoms with Crippen LogP contribution in [0.2, 0.25) is 0 Å². The lowest BCUT2D eigenvalue weighted by Crippen LogP contribution is -2.52. The maximum atomic E-state index is 12.6. The number of rotatable bonds is 4. The molecule has 0 saturated carbocycles. The highest BCUT2D eigenvalue weighted by atomic mass is 16.5. The van der Waals surface area contributed by atoms with E-state index in [2.05, 4.69) is 9.80 Å². The molecule has 0 spiro atoms. The van der Waals surface area contributed by atoms with E-state index in [9.17, 15) is 9.59 Å². The van der Waals surface area contributed by atoms with Gasteiger partial charge in [0.1, 0.15) is 5.58 Å². The second-order valence-electron chi connectivity index (χ2n) is 7.64. The zero-order chi connectivity index (χ0) is 19.5. The summed E-state index contributed by atoms with van der Waals surface area (Å²) in [7, 11) is 0. The zero-order valence-corrected chi connectivity index (χ0v) is 16.4. The third-order valence-corrected chi connectivity index (χ3v) is 5.57. The number of benzene rings is 1. The standard InChI is InChI=1S/C21H27N3O4/c1-16-2-3-18-17(13-21(26)28-19(18)12-16)14-22-4-6-24(7-5-22)20(25)15-23-8-10-27-11-9-23/h2-3,12-13H,4-11,14-15H2,1H3. The average Bonchev–Trinajstić information content (AvgIpc) is 2.69. The van der Waals surface area contributed by atoms with E-state index in [1.54, 1.807) is 6.07 Å². The predicted octanol–water partition coefficient (Wildman–Crippen LogP) is 1.08. The van der Waals surface area contributed by atoms with E-state index in [-0.39, 0.29) is 11.5 Å². The first kappa shape index (κ1) is 19.1. The number of piperazine rings is 1. The number of ether oxygens (including phenoxy) is 1. The third-order valence-electron chi connectivity index (χ3n) is 5.57. The normalized spacial score (nSPS) is 19.2. The maximum Gasteiger partial charge on any atom is 0.336 e. The van der Waals surface area contributed by atoms with Crippen molar-refractivity contribution in [2.75, 3.05) is 59.0 Å². The van der Waals surface area contributed by atoms with Crippen molar-refractivity contribution in [3.8, 4) is 0 Å². The van der Waals surface area contributed by atoms with Crippen LogP contribution in [-0.4, -0.2) is 79.6 Å². The quantitative estimate of drug-likeness (QED) is 0.734. The zero-order valence-electron chi connectivity index (χ0n) is 16.4. The van der Waals surface area contributed by atoms with Gasteiger partial charge in [-0.1, -0.05) is 12.1 Å². The smallest absolute Gasteiger partial charge is 0.336 e. The van der Waals surface area contributed by atoms with Crippen LogP contribution in [0.5, 0.6) is 0 Å². The van der Waals surface area contributed by atoms with Gasteiger partial charge in [0.2, 0.25) is 5.91 Å². The van der Waals surface area contributed by atoms with Crippen LogP contribution in [0, 0.1) is 6.92 Å². The molecule has 0 bridgehead atoms. The van der Waals surface area contributed by atoms with Gasteiger partial charge in [-0.15, -0.1) is 0 Å². The Balaban J connectivity index is 1.36. The molecule has 0 aliphatic carbocycles. The Morgan fingerprint density at radius 3 is 2.50 bits per heavy atom. The van der Waals surface area contributed by atoms with Crippen molar-refractivity contribution in [1.82, 2.24) is 14.7 Å². The summed E-state index contributed by atoms with van der Waals surface area (Å²) in [5.41, 5.74) is 2.38. The SMILES string of the molecule is Cc1ccc2c(CN3CCN(C(=O)CN4CCOCC4)CC3)cc(=O)oc2c1. The van der Waals surface area contributed by atoms with Crippen molar-refractivity contribution in [2.45, 2.75) is 13.5 Å². The van der Waals surface area contributed by atoms with Gasteiger partial charge < -0.3 is 14.1 Å². The van der Waals surface area contributed by atoms with Crippen LogP contribution < -0.4 is 5.63 Å². The van der Waals surface area contributed by atoms with Gasteiger partial charge >= 0.3 is 5.63 Å². The summed E-state index contributed by atoms with van der Waals surface area (Å²) >= 11 is 0. The molecule has 2 fully saturated rings. The van der Waals surface area contributed by atoms with Crippen LogP contribution in [0.3, 0.4) is 0 Å². The topological polar surface area (TPSA) is 66.2 Å². The highest BCUT2D eigenvalue weighted by Gasteiger charge is 2.24. The molecule has 2 aliphatic heterocycles. The number of fused-ring (bicyclic) bond motifs is 1. The molecule has 1 amide bonds. The lowest BCUT2D eigenvalue weighted by molar-refractivity contribution is -0.135. The Kier molecular flexibility index (Phi) is 5.75. The number of hydrogen-bond donors (Lipinski definition) is 0. The van der Waals surface area contributed by atoms with Gasteiger partial charge in [0.15, 0.2) is 0 Å². The number of amides is 1. The second-order valence-corrected chi connectivity index (χ2v) is 7.64. The summed E-state index contributed by atoms with van der Waals surface area (Å²) in [5.74, 6) is 0.197. The van der Waals surface area contributed by atoms with Crippen molar-refractivity contribution in [3.05, 3.63) is 45.8 Å². The summed E-state index contributed by atoms with van der Waals surface area (Å²) in [6.45, 7) is 9.29. The molecule has 2 aliphatic rings. The van der Waals surface area contributed by atoms with Gasteiger partial charge in [-0.2, -0.15) is 0 Å². The van der Waals surface area contributed by atoms with E-state index in [0.29, 0.717) is 31.9 Å². The summed E-state index contributed by atoms with van der Waals surface area (Å²) in [4.78, 5) is 30.9. The largest absolute Gasteiger partial charge is 0.423 e. The van der Waals surface area contributed by atoms with Gasteiger partial charge in [-0.3, -0.25) is 14.6 Å². The molecule has 0 atom stereocenters.